The highest BCUT2D eigenvalue weighted by atomic mass is 16.6. The molecule has 9 nitrogen and oxygen atoms in total. The van der Waals surface area contributed by atoms with Gasteiger partial charge >= 0.3 is 18.0 Å². The van der Waals surface area contributed by atoms with Crippen LogP contribution in [0.15, 0.2) is 0 Å². The molecule has 0 aliphatic heterocycles. The average molecular weight is 796 g/mol. The van der Waals surface area contributed by atoms with Crippen molar-refractivity contribution in [2.24, 2.45) is 5.92 Å². The van der Waals surface area contributed by atoms with Crippen LogP contribution in [-0.2, 0) is 23.8 Å². The van der Waals surface area contributed by atoms with Gasteiger partial charge in [0, 0.05) is 52.1 Å². The van der Waals surface area contributed by atoms with E-state index in [1.165, 1.54) is 83.5 Å². The lowest BCUT2D eigenvalue weighted by molar-refractivity contribution is -0.145. The predicted molar refractivity (Wildman–Crippen MR) is 235 cm³/mol. The van der Waals surface area contributed by atoms with Crippen LogP contribution in [0.1, 0.15) is 208 Å². The van der Waals surface area contributed by atoms with Crippen LogP contribution < -0.4 is 0 Å². The highest BCUT2D eigenvalue weighted by Gasteiger charge is 2.18. The van der Waals surface area contributed by atoms with Crippen LogP contribution in [0.5, 0.6) is 0 Å². The topological polar surface area (TPSA) is 88.6 Å². The first-order valence-corrected chi connectivity index (χ1v) is 24.0. The van der Waals surface area contributed by atoms with Crippen molar-refractivity contribution >= 4 is 18.0 Å². The Morgan fingerprint density at radius 1 is 0.411 bits per heavy atom. The van der Waals surface area contributed by atoms with Crippen molar-refractivity contribution < 1.29 is 28.6 Å². The maximum Gasteiger partial charge on any atom is 0.409 e. The van der Waals surface area contributed by atoms with Crippen molar-refractivity contribution in [3.8, 4) is 0 Å². The molecular weight excluding hydrogens is 703 g/mol. The largest absolute Gasteiger partial charge is 0.466 e. The Hall–Kier alpha value is -1.87. The minimum atomic E-state index is -0.255. The van der Waals surface area contributed by atoms with Gasteiger partial charge in [0.25, 0.3) is 0 Å². The van der Waals surface area contributed by atoms with Crippen molar-refractivity contribution in [1.29, 1.82) is 0 Å². The molecule has 0 aromatic carbocycles. The molecule has 0 bridgehead atoms. The Morgan fingerprint density at radius 2 is 0.857 bits per heavy atom. The molecule has 1 amide bonds. The number of unbranched alkanes of at least 4 members (excludes halogenated alkanes) is 17. The molecule has 0 heterocycles. The van der Waals surface area contributed by atoms with Crippen LogP contribution in [0, 0.1) is 5.92 Å². The van der Waals surface area contributed by atoms with Crippen LogP contribution in [-0.4, -0.2) is 105 Å². The molecule has 0 aliphatic carbocycles. The number of esters is 2. The smallest absolute Gasteiger partial charge is 0.409 e. The molecule has 56 heavy (non-hydrogen) atoms. The van der Waals surface area contributed by atoms with Crippen molar-refractivity contribution in [1.82, 2.24) is 14.7 Å². The minimum Gasteiger partial charge on any atom is -0.466 e. The molecule has 0 fully saturated rings. The van der Waals surface area contributed by atoms with Crippen LogP contribution in [0.3, 0.4) is 0 Å². The molecule has 0 aromatic rings. The second-order valence-electron chi connectivity index (χ2n) is 16.2. The predicted octanol–water partition coefficient (Wildman–Crippen LogP) is 12.0. The van der Waals surface area contributed by atoms with Gasteiger partial charge in [0.2, 0.25) is 0 Å². The van der Waals surface area contributed by atoms with Crippen molar-refractivity contribution in [2.45, 2.75) is 208 Å². The summed E-state index contributed by atoms with van der Waals surface area (Å²) in [4.78, 5) is 45.1. The van der Waals surface area contributed by atoms with Gasteiger partial charge in [-0.2, -0.15) is 0 Å². The first-order valence-electron chi connectivity index (χ1n) is 24.0. The zero-order valence-corrected chi connectivity index (χ0v) is 38.0. The number of ether oxygens (including phenoxy) is 3. The molecule has 0 atom stereocenters. The Kier molecular flexibility index (Phi) is 39.9. The zero-order valence-electron chi connectivity index (χ0n) is 38.0. The maximum absolute atomic E-state index is 13.3. The number of nitrogens with zero attached hydrogens (tertiary/aromatic N) is 3. The fourth-order valence-corrected chi connectivity index (χ4v) is 7.25. The number of amides is 1. The van der Waals surface area contributed by atoms with E-state index < -0.39 is 0 Å². The first-order chi connectivity index (χ1) is 27.3. The molecular formula is C47H93N3O6. The lowest BCUT2D eigenvalue weighted by Gasteiger charge is -2.27. The molecule has 0 saturated carbocycles. The summed E-state index contributed by atoms with van der Waals surface area (Å²) in [6, 6.07) is 0. The summed E-state index contributed by atoms with van der Waals surface area (Å²) in [5, 5.41) is 0. The Morgan fingerprint density at radius 3 is 1.39 bits per heavy atom. The summed E-state index contributed by atoms with van der Waals surface area (Å²) in [5.74, 6) is 0.239. The summed E-state index contributed by atoms with van der Waals surface area (Å²) >= 11 is 0. The molecule has 0 saturated heterocycles. The SMILES string of the molecule is CCCCCCCOC(=O)CCCCCN(CCCCCC)C(=O)OCCN(CCOC(=O)CC(CCCCCCC)CCCCCCC)CCN(CC)CC. The third kappa shape index (κ3) is 34.2. The van der Waals surface area contributed by atoms with Gasteiger partial charge in [0.05, 0.1) is 6.61 Å². The number of likely N-dealkylation sites (N-methyl/N-ethyl adjacent to an activating group) is 1. The molecule has 0 N–H and O–H groups in total. The Balaban J connectivity index is 4.99. The average Bonchev–Trinajstić information content (AvgIpc) is 3.19. The van der Waals surface area contributed by atoms with Gasteiger partial charge in [-0.05, 0) is 57.5 Å². The second-order valence-corrected chi connectivity index (χ2v) is 16.2. The second kappa shape index (κ2) is 41.3. The normalized spacial score (nSPS) is 11.5. The van der Waals surface area contributed by atoms with E-state index in [1.807, 2.05) is 4.90 Å². The van der Waals surface area contributed by atoms with E-state index in [4.69, 9.17) is 14.2 Å². The standard InChI is InChI=1S/C47H93N3O6/c1-7-13-17-21-25-31-44(32-26-22-18-14-8-2)43-46(52)55-41-38-49(37-36-48(11-5)12-6)39-42-56-47(53)50(34-28-20-16-10-4)35-29-24-27-33-45(51)54-40-30-23-19-15-9-3/h44H,7-43H2,1-6H3. The van der Waals surface area contributed by atoms with E-state index in [9.17, 15) is 14.4 Å². The van der Waals surface area contributed by atoms with E-state index in [1.54, 1.807) is 0 Å². The molecule has 0 rings (SSSR count). The first kappa shape index (κ1) is 54.1. The molecule has 0 aromatic heterocycles. The Labute approximate surface area is 347 Å². The van der Waals surface area contributed by atoms with E-state index in [-0.39, 0.29) is 18.0 Å². The monoisotopic (exact) mass is 796 g/mol. The van der Waals surface area contributed by atoms with Crippen molar-refractivity contribution in [2.75, 3.05) is 72.2 Å². The van der Waals surface area contributed by atoms with Gasteiger partial charge in [0.1, 0.15) is 13.2 Å². The van der Waals surface area contributed by atoms with Gasteiger partial charge in [-0.3, -0.25) is 14.5 Å². The van der Waals surface area contributed by atoms with Crippen molar-refractivity contribution in [3.05, 3.63) is 0 Å². The van der Waals surface area contributed by atoms with Crippen LogP contribution in [0.2, 0.25) is 0 Å². The number of hydrogen-bond donors (Lipinski definition) is 0. The number of hydrogen-bond acceptors (Lipinski definition) is 8. The van der Waals surface area contributed by atoms with Gasteiger partial charge in [-0.1, -0.05) is 157 Å². The quantitative estimate of drug-likeness (QED) is 0.0343. The fourth-order valence-electron chi connectivity index (χ4n) is 7.25. The molecule has 0 radical (unpaired) electrons. The number of rotatable bonds is 42. The molecule has 9 heteroatoms. The van der Waals surface area contributed by atoms with E-state index in [0.717, 1.165) is 96.8 Å². The van der Waals surface area contributed by atoms with E-state index in [0.29, 0.717) is 64.8 Å². The number of carbonyl (C=O) groups is 3. The zero-order chi connectivity index (χ0) is 41.3. The van der Waals surface area contributed by atoms with Crippen LogP contribution >= 0.6 is 0 Å². The van der Waals surface area contributed by atoms with Crippen LogP contribution in [0.4, 0.5) is 4.79 Å². The summed E-state index contributed by atoms with van der Waals surface area (Å²) in [6.45, 7) is 20.7. The Bertz CT molecular complexity index is 872. The van der Waals surface area contributed by atoms with Crippen LogP contribution in [0.25, 0.3) is 0 Å². The number of carbonyl (C=O) groups excluding carboxylic acids is 3. The molecule has 332 valence electrons. The lowest BCUT2D eigenvalue weighted by atomic mass is 9.91. The van der Waals surface area contributed by atoms with E-state index in [2.05, 4.69) is 51.3 Å². The summed E-state index contributed by atoms with van der Waals surface area (Å²) in [7, 11) is 0. The molecule has 0 unspecified atom stereocenters. The van der Waals surface area contributed by atoms with Gasteiger partial charge in [-0.25, -0.2) is 4.79 Å². The summed E-state index contributed by atoms with van der Waals surface area (Å²) in [5.41, 5.74) is 0. The third-order valence-electron chi connectivity index (χ3n) is 11.2. The molecule has 0 aliphatic rings. The van der Waals surface area contributed by atoms with Gasteiger partial charge in [-0.15, -0.1) is 0 Å². The maximum atomic E-state index is 13.3. The van der Waals surface area contributed by atoms with Gasteiger partial charge in [0.15, 0.2) is 0 Å². The summed E-state index contributed by atoms with van der Waals surface area (Å²) < 4.78 is 17.2. The van der Waals surface area contributed by atoms with Gasteiger partial charge < -0.3 is 24.0 Å². The lowest BCUT2D eigenvalue weighted by Crippen LogP contribution is -2.40. The highest BCUT2D eigenvalue weighted by Crippen LogP contribution is 2.22. The minimum absolute atomic E-state index is 0.0688. The summed E-state index contributed by atoms with van der Waals surface area (Å²) in [6.07, 6.45) is 28.1. The van der Waals surface area contributed by atoms with Crippen molar-refractivity contribution in [3.63, 3.8) is 0 Å². The van der Waals surface area contributed by atoms with E-state index >= 15 is 0 Å². The fraction of sp³-hybridized carbons (Fsp3) is 0.936. The molecule has 0 spiro atoms. The third-order valence-corrected chi connectivity index (χ3v) is 11.2. The highest BCUT2D eigenvalue weighted by molar-refractivity contribution is 5.70.